The Labute approximate surface area is 162 Å². The van der Waals surface area contributed by atoms with Gasteiger partial charge in [-0.25, -0.2) is 4.98 Å². The van der Waals surface area contributed by atoms with Gasteiger partial charge >= 0.3 is 0 Å². The molecule has 0 saturated heterocycles. The van der Waals surface area contributed by atoms with Crippen LogP contribution in [0, 0.1) is 20.8 Å². The van der Waals surface area contributed by atoms with Crippen molar-refractivity contribution in [3.8, 4) is 11.3 Å². The smallest absolute Gasteiger partial charge is 0.259 e. The molecule has 3 aromatic rings. The molecule has 3 rings (SSSR count). The second-order valence-electron chi connectivity index (χ2n) is 7.81. The van der Waals surface area contributed by atoms with Gasteiger partial charge in [0.2, 0.25) is 5.91 Å². The van der Waals surface area contributed by atoms with Crippen LogP contribution in [-0.2, 0) is 4.79 Å². The highest BCUT2D eigenvalue weighted by molar-refractivity contribution is 6.07. The van der Waals surface area contributed by atoms with Gasteiger partial charge < -0.3 is 19.6 Å². The van der Waals surface area contributed by atoms with Crippen molar-refractivity contribution in [2.24, 2.45) is 0 Å². The summed E-state index contributed by atoms with van der Waals surface area (Å²) in [5.74, 6) is 0.765. The highest BCUT2D eigenvalue weighted by Crippen LogP contribution is 2.30. The first-order valence-electron chi connectivity index (χ1n) is 8.99. The van der Waals surface area contributed by atoms with Crippen molar-refractivity contribution < 1.29 is 18.5 Å². The van der Waals surface area contributed by atoms with E-state index in [1.165, 1.54) is 0 Å². The Morgan fingerprint density at radius 3 is 2.46 bits per heavy atom. The average molecular weight is 384 g/mol. The fourth-order valence-corrected chi connectivity index (χ4v) is 3.02. The minimum atomic E-state index is -0.401. The number of rotatable bonds is 4. The average Bonchev–Trinajstić information content (AvgIpc) is 3.12. The SMILES string of the molecule is Cc1cc(-c2cc(C(=O)NCC(=O)NC(C)(C)C)c3c(C)noc3n2)c(C)o1. The minimum Gasteiger partial charge on any atom is -0.466 e. The van der Waals surface area contributed by atoms with E-state index < -0.39 is 5.91 Å². The maximum absolute atomic E-state index is 12.8. The summed E-state index contributed by atoms with van der Waals surface area (Å²) in [6, 6.07) is 3.52. The van der Waals surface area contributed by atoms with Crippen LogP contribution >= 0.6 is 0 Å². The summed E-state index contributed by atoms with van der Waals surface area (Å²) < 4.78 is 10.9. The molecule has 148 valence electrons. The van der Waals surface area contributed by atoms with Gasteiger partial charge in [0.1, 0.15) is 11.5 Å². The van der Waals surface area contributed by atoms with Gasteiger partial charge in [-0.05, 0) is 53.7 Å². The van der Waals surface area contributed by atoms with E-state index in [-0.39, 0.29) is 23.7 Å². The normalized spacial score (nSPS) is 11.6. The number of pyridine rings is 1. The van der Waals surface area contributed by atoms with Crippen LogP contribution in [0.1, 0.15) is 48.3 Å². The molecule has 0 bridgehead atoms. The molecule has 2 N–H and O–H groups in total. The minimum absolute atomic E-state index is 0.135. The van der Waals surface area contributed by atoms with E-state index in [0.717, 1.165) is 11.3 Å². The molecule has 0 unspecified atom stereocenters. The summed E-state index contributed by atoms with van der Waals surface area (Å²) >= 11 is 0. The zero-order valence-electron chi connectivity index (χ0n) is 16.9. The number of carbonyl (C=O) groups is 2. The third kappa shape index (κ3) is 4.05. The lowest BCUT2D eigenvalue weighted by Crippen LogP contribution is -2.45. The molecule has 0 saturated carbocycles. The molecule has 0 aliphatic carbocycles. The zero-order chi connectivity index (χ0) is 20.6. The van der Waals surface area contributed by atoms with E-state index >= 15 is 0 Å². The summed E-state index contributed by atoms with van der Waals surface area (Å²) in [6.07, 6.45) is 0. The van der Waals surface area contributed by atoms with Gasteiger partial charge in [-0.1, -0.05) is 5.16 Å². The van der Waals surface area contributed by atoms with Crippen LogP contribution in [-0.4, -0.2) is 34.0 Å². The molecule has 8 nitrogen and oxygen atoms in total. The lowest BCUT2D eigenvalue weighted by Gasteiger charge is -2.20. The monoisotopic (exact) mass is 384 g/mol. The number of furan rings is 1. The van der Waals surface area contributed by atoms with Crippen LogP contribution in [0.3, 0.4) is 0 Å². The van der Waals surface area contributed by atoms with Crippen molar-refractivity contribution in [2.45, 2.75) is 47.1 Å². The Morgan fingerprint density at radius 1 is 1.14 bits per heavy atom. The Bertz CT molecular complexity index is 1060. The molecule has 3 heterocycles. The second kappa shape index (κ2) is 7.10. The maximum Gasteiger partial charge on any atom is 0.259 e. The first kappa shape index (κ1) is 19.6. The van der Waals surface area contributed by atoms with E-state index in [2.05, 4.69) is 20.8 Å². The number of amides is 2. The topological polar surface area (TPSA) is 110 Å². The number of fused-ring (bicyclic) bond motifs is 1. The molecule has 0 aromatic carbocycles. The molecular formula is C20H24N4O4. The van der Waals surface area contributed by atoms with Gasteiger partial charge in [-0.3, -0.25) is 9.59 Å². The number of hydrogen-bond donors (Lipinski definition) is 2. The zero-order valence-corrected chi connectivity index (χ0v) is 16.9. The highest BCUT2D eigenvalue weighted by Gasteiger charge is 2.22. The lowest BCUT2D eigenvalue weighted by molar-refractivity contribution is -0.121. The van der Waals surface area contributed by atoms with Gasteiger partial charge in [0, 0.05) is 11.1 Å². The van der Waals surface area contributed by atoms with E-state index in [1.807, 2.05) is 40.7 Å². The van der Waals surface area contributed by atoms with Gasteiger partial charge in [-0.15, -0.1) is 0 Å². The lowest BCUT2D eigenvalue weighted by atomic mass is 10.1. The predicted molar refractivity (Wildman–Crippen MR) is 104 cm³/mol. The van der Waals surface area contributed by atoms with Crippen LogP contribution in [0.5, 0.6) is 0 Å². The van der Waals surface area contributed by atoms with Crippen molar-refractivity contribution in [3.63, 3.8) is 0 Å². The van der Waals surface area contributed by atoms with Crippen molar-refractivity contribution in [1.29, 1.82) is 0 Å². The molecule has 0 aliphatic heterocycles. The third-order valence-corrected chi connectivity index (χ3v) is 4.10. The molecule has 0 aliphatic rings. The predicted octanol–water partition coefficient (Wildman–Crippen LogP) is 3.05. The largest absolute Gasteiger partial charge is 0.466 e. The Morgan fingerprint density at radius 2 is 1.86 bits per heavy atom. The molecule has 0 spiro atoms. The van der Waals surface area contributed by atoms with Crippen LogP contribution in [0.4, 0.5) is 0 Å². The number of aryl methyl sites for hydroxylation is 3. The molecule has 0 fully saturated rings. The molecule has 0 radical (unpaired) electrons. The number of aromatic nitrogens is 2. The number of hydrogen-bond acceptors (Lipinski definition) is 6. The Kier molecular flexibility index (Phi) is 4.97. The van der Waals surface area contributed by atoms with E-state index in [1.54, 1.807) is 13.0 Å². The first-order valence-corrected chi connectivity index (χ1v) is 8.99. The van der Waals surface area contributed by atoms with E-state index in [4.69, 9.17) is 8.94 Å². The van der Waals surface area contributed by atoms with Crippen LogP contribution in [0.2, 0.25) is 0 Å². The van der Waals surface area contributed by atoms with Crippen molar-refractivity contribution in [2.75, 3.05) is 6.54 Å². The molecule has 2 amide bonds. The fraction of sp³-hybridized carbons (Fsp3) is 0.400. The fourth-order valence-electron chi connectivity index (χ4n) is 3.02. The summed E-state index contributed by atoms with van der Waals surface area (Å²) in [5, 5.41) is 9.91. The van der Waals surface area contributed by atoms with Gasteiger partial charge in [-0.2, -0.15) is 0 Å². The summed E-state index contributed by atoms with van der Waals surface area (Å²) in [5.41, 5.74) is 2.10. The second-order valence-corrected chi connectivity index (χ2v) is 7.81. The van der Waals surface area contributed by atoms with Crippen molar-refractivity contribution in [3.05, 3.63) is 34.9 Å². The summed E-state index contributed by atoms with van der Waals surface area (Å²) in [4.78, 5) is 29.3. The van der Waals surface area contributed by atoms with Gasteiger partial charge in [0.05, 0.1) is 28.9 Å². The van der Waals surface area contributed by atoms with Crippen molar-refractivity contribution in [1.82, 2.24) is 20.8 Å². The Hall–Kier alpha value is -3.16. The van der Waals surface area contributed by atoms with E-state index in [9.17, 15) is 9.59 Å². The standard InChI is InChI=1S/C20H24N4O4/c1-10-7-13(12(3)27-10)15-8-14(17-11(2)24-28-19(17)22-15)18(26)21-9-16(25)23-20(4,5)6/h7-8H,9H2,1-6H3,(H,21,26)(H,23,25). The van der Waals surface area contributed by atoms with Gasteiger partial charge in [0.15, 0.2) is 0 Å². The van der Waals surface area contributed by atoms with Gasteiger partial charge in [0.25, 0.3) is 11.6 Å². The highest BCUT2D eigenvalue weighted by atomic mass is 16.5. The first-order chi connectivity index (χ1) is 13.0. The maximum atomic E-state index is 12.8. The molecule has 3 aromatic heterocycles. The van der Waals surface area contributed by atoms with E-state index in [0.29, 0.717) is 28.1 Å². The van der Waals surface area contributed by atoms with Crippen LogP contribution in [0.15, 0.2) is 21.1 Å². The van der Waals surface area contributed by atoms with Crippen molar-refractivity contribution >= 4 is 22.9 Å². The molecule has 28 heavy (non-hydrogen) atoms. The Balaban J connectivity index is 1.95. The number of carbonyl (C=O) groups excluding carboxylic acids is 2. The third-order valence-electron chi connectivity index (χ3n) is 4.10. The van der Waals surface area contributed by atoms with Crippen LogP contribution < -0.4 is 10.6 Å². The molecule has 0 atom stereocenters. The van der Waals surface area contributed by atoms with Crippen LogP contribution in [0.25, 0.3) is 22.4 Å². The quantitative estimate of drug-likeness (QED) is 0.715. The molecule has 8 heteroatoms. The number of nitrogens with zero attached hydrogens (tertiary/aromatic N) is 2. The molecular weight excluding hydrogens is 360 g/mol. The summed E-state index contributed by atoms with van der Waals surface area (Å²) in [7, 11) is 0. The number of nitrogens with one attached hydrogen (secondary N) is 2. The summed E-state index contributed by atoms with van der Waals surface area (Å²) in [6.45, 7) is 10.9.